The summed E-state index contributed by atoms with van der Waals surface area (Å²) in [4.78, 5) is 28.8. The second-order valence-electron chi connectivity index (χ2n) is 7.80. The molecule has 4 rings (SSSR count). The molecule has 0 aliphatic carbocycles. The predicted octanol–water partition coefficient (Wildman–Crippen LogP) is 6.23. The minimum absolute atomic E-state index is 0.0421. The molecule has 0 aliphatic heterocycles. The van der Waals surface area contributed by atoms with Gasteiger partial charge in [-0.2, -0.15) is 22.9 Å². The van der Waals surface area contributed by atoms with Crippen LogP contribution in [0.5, 0.6) is 5.75 Å². The van der Waals surface area contributed by atoms with E-state index in [1.807, 2.05) is 0 Å². The van der Waals surface area contributed by atoms with E-state index < -0.39 is 29.4 Å². The fraction of sp³-hybridized carbons (Fsp3) is 0.120. The summed E-state index contributed by atoms with van der Waals surface area (Å²) in [6, 6.07) is 13.8. The number of hydrogen-bond acceptors (Lipinski definition) is 5. The molecule has 0 fully saturated rings. The molecule has 190 valence electrons. The molecule has 0 saturated carbocycles. The van der Waals surface area contributed by atoms with Crippen molar-refractivity contribution >= 4 is 50.6 Å². The van der Waals surface area contributed by atoms with Crippen LogP contribution in [0.25, 0.3) is 22.3 Å². The van der Waals surface area contributed by atoms with Gasteiger partial charge in [-0.3, -0.25) is 4.79 Å². The Morgan fingerprint density at radius 2 is 1.92 bits per heavy atom. The molecular weight excluding hydrogens is 579 g/mol. The quantitative estimate of drug-likeness (QED) is 0.267. The molecule has 37 heavy (non-hydrogen) atoms. The van der Waals surface area contributed by atoms with Gasteiger partial charge < -0.3 is 9.84 Å². The fourth-order valence-electron chi connectivity index (χ4n) is 3.37. The summed E-state index contributed by atoms with van der Waals surface area (Å²) < 4.78 is 46.6. The van der Waals surface area contributed by atoms with Gasteiger partial charge in [0.1, 0.15) is 0 Å². The molecule has 1 N–H and O–H groups in total. The Bertz CT molecular complexity index is 1580. The normalized spacial score (nSPS) is 12.7. The Labute approximate surface area is 220 Å². The summed E-state index contributed by atoms with van der Waals surface area (Å²) in [5.41, 5.74) is -0.756. The van der Waals surface area contributed by atoms with Crippen molar-refractivity contribution in [3.05, 3.63) is 91.6 Å². The molecule has 0 unspecified atom stereocenters. The van der Waals surface area contributed by atoms with Gasteiger partial charge in [-0.15, -0.1) is 0 Å². The van der Waals surface area contributed by atoms with Crippen LogP contribution < -0.4 is 10.3 Å². The summed E-state index contributed by atoms with van der Waals surface area (Å²) in [6.45, 7) is 1.34. The van der Waals surface area contributed by atoms with E-state index in [0.717, 1.165) is 16.8 Å². The first-order valence-electron chi connectivity index (χ1n) is 10.6. The Hall–Kier alpha value is -3.70. The van der Waals surface area contributed by atoms with Gasteiger partial charge in [0.25, 0.3) is 5.56 Å². The molecule has 0 saturated heterocycles. The zero-order valence-corrected chi connectivity index (χ0v) is 21.2. The van der Waals surface area contributed by atoms with Crippen molar-refractivity contribution in [2.45, 2.75) is 19.2 Å². The molecule has 0 amide bonds. The van der Waals surface area contributed by atoms with Crippen LogP contribution in [0.2, 0.25) is 5.02 Å². The molecule has 0 bridgehead atoms. The third kappa shape index (κ3) is 5.67. The highest BCUT2D eigenvalue weighted by Gasteiger charge is 2.31. The summed E-state index contributed by atoms with van der Waals surface area (Å²) in [7, 11) is 0. The first kappa shape index (κ1) is 26.4. The van der Waals surface area contributed by atoms with Gasteiger partial charge in [0.05, 0.1) is 32.2 Å². The molecule has 0 spiro atoms. The second kappa shape index (κ2) is 10.3. The van der Waals surface area contributed by atoms with Crippen molar-refractivity contribution in [3.8, 4) is 17.1 Å². The third-order valence-electron chi connectivity index (χ3n) is 5.19. The molecule has 1 aromatic heterocycles. The van der Waals surface area contributed by atoms with Crippen LogP contribution in [-0.2, 0) is 11.0 Å². The molecule has 0 radical (unpaired) electrons. The number of hydrogen-bond donors (Lipinski definition) is 1. The van der Waals surface area contributed by atoms with Crippen molar-refractivity contribution < 1.29 is 27.8 Å². The molecule has 0 aliphatic rings. The number of para-hydroxylation sites is 1. The molecule has 3 aromatic carbocycles. The Balaban J connectivity index is 1.83. The van der Waals surface area contributed by atoms with Gasteiger partial charge in [0, 0.05) is 5.56 Å². The highest BCUT2D eigenvalue weighted by molar-refractivity contribution is 9.10. The number of aromatic nitrogens is 2. The van der Waals surface area contributed by atoms with Crippen molar-refractivity contribution in [1.82, 2.24) is 9.66 Å². The number of aliphatic carboxylic acids is 1. The molecule has 1 heterocycles. The molecule has 4 aromatic rings. The lowest BCUT2D eigenvalue weighted by atomic mass is 10.1. The number of alkyl halides is 3. The predicted molar refractivity (Wildman–Crippen MR) is 136 cm³/mol. The standard InChI is InChI=1S/C25H16BrClF3N3O4/c1-13(24(35)36)37-21-18(26)9-14(10-19(21)27)12-31-33-22(15-5-4-6-16(11-15)25(28,29)30)32-20-8-3-2-7-17(20)23(33)34/h2-13H,1H3,(H,35,36)/t13-/m1/s1. The van der Waals surface area contributed by atoms with Gasteiger partial charge in [0.15, 0.2) is 17.7 Å². The largest absolute Gasteiger partial charge is 0.479 e. The number of halogens is 5. The average molecular weight is 595 g/mol. The minimum atomic E-state index is -4.59. The number of carbonyl (C=O) groups is 1. The lowest BCUT2D eigenvalue weighted by Crippen LogP contribution is -2.23. The Morgan fingerprint density at radius 1 is 1.19 bits per heavy atom. The fourth-order valence-corrected chi connectivity index (χ4v) is 4.33. The van der Waals surface area contributed by atoms with Crippen LogP contribution in [0, 0.1) is 0 Å². The smallest absolute Gasteiger partial charge is 0.416 e. The molecule has 1 atom stereocenters. The average Bonchev–Trinajstić information content (AvgIpc) is 2.85. The van der Waals surface area contributed by atoms with Crippen LogP contribution in [0.3, 0.4) is 0 Å². The van der Waals surface area contributed by atoms with Crippen molar-refractivity contribution in [1.29, 1.82) is 0 Å². The van der Waals surface area contributed by atoms with Gasteiger partial charge in [-0.1, -0.05) is 35.9 Å². The van der Waals surface area contributed by atoms with Crippen LogP contribution in [-0.4, -0.2) is 33.1 Å². The molecule has 7 nitrogen and oxygen atoms in total. The number of benzene rings is 3. The van der Waals surface area contributed by atoms with Crippen molar-refractivity contribution in [3.63, 3.8) is 0 Å². The minimum Gasteiger partial charge on any atom is -0.479 e. The summed E-state index contributed by atoms with van der Waals surface area (Å²) in [5.74, 6) is -1.17. The highest BCUT2D eigenvalue weighted by Crippen LogP contribution is 2.35. The van der Waals surface area contributed by atoms with Crippen LogP contribution >= 0.6 is 27.5 Å². The van der Waals surface area contributed by atoms with E-state index in [1.165, 1.54) is 43.5 Å². The number of ether oxygens (including phenoxy) is 1. The number of nitrogens with zero attached hydrogens (tertiary/aromatic N) is 3. The van der Waals surface area contributed by atoms with Gasteiger partial charge in [-0.05, 0) is 64.8 Å². The van der Waals surface area contributed by atoms with Crippen molar-refractivity contribution in [2.24, 2.45) is 5.10 Å². The first-order valence-corrected chi connectivity index (χ1v) is 11.7. The highest BCUT2D eigenvalue weighted by atomic mass is 79.9. The first-order chi connectivity index (χ1) is 17.5. The van der Waals surface area contributed by atoms with Crippen LogP contribution in [0.1, 0.15) is 18.1 Å². The lowest BCUT2D eigenvalue weighted by Gasteiger charge is -2.14. The number of carboxylic acids is 1. The third-order valence-corrected chi connectivity index (χ3v) is 6.06. The SMILES string of the molecule is C[C@@H](Oc1c(Cl)cc(C=Nn2c(-c3cccc(C(F)(F)F)c3)nc3ccccc3c2=O)cc1Br)C(=O)O. The monoisotopic (exact) mass is 593 g/mol. The van der Waals surface area contributed by atoms with E-state index >= 15 is 0 Å². The maximum absolute atomic E-state index is 13.3. The second-order valence-corrected chi connectivity index (χ2v) is 9.07. The molecule has 12 heteroatoms. The van der Waals surface area contributed by atoms with Crippen molar-refractivity contribution in [2.75, 3.05) is 0 Å². The van der Waals surface area contributed by atoms with Crippen LogP contribution in [0.4, 0.5) is 13.2 Å². The van der Waals surface area contributed by atoms with E-state index in [2.05, 4.69) is 26.0 Å². The summed E-state index contributed by atoms with van der Waals surface area (Å²) >= 11 is 9.54. The molecular formula is C25H16BrClF3N3O4. The number of fused-ring (bicyclic) bond motifs is 1. The maximum Gasteiger partial charge on any atom is 0.416 e. The topological polar surface area (TPSA) is 93.8 Å². The van der Waals surface area contributed by atoms with E-state index in [1.54, 1.807) is 18.2 Å². The zero-order chi connectivity index (χ0) is 26.9. The van der Waals surface area contributed by atoms with Crippen LogP contribution in [0.15, 0.2) is 75.0 Å². The summed E-state index contributed by atoms with van der Waals surface area (Å²) in [6.07, 6.45) is -4.48. The van der Waals surface area contributed by atoms with E-state index in [0.29, 0.717) is 15.6 Å². The number of rotatable bonds is 6. The lowest BCUT2D eigenvalue weighted by molar-refractivity contribution is -0.144. The van der Waals surface area contributed by atoms with Gasteiger partial charge in [0.2, 0.25) is 0 Å². The maximum atomic E-state index is 13.3. The van der Waals surface area contributed by atoms with Gasteiger partial charge in [-0.25, -0.2) is 9.78 Å². The van der Waals surface area contributed by atoms with E-state index in [4.69, 9.17) is 21.4 Å². The number of carboxylic acid groups (broad SMARTS) is 1. The van der Waals surface area contributed by atoms with E-state index in [9.17, 15) is 22.8 Å². The zero-order valence-electron chi connectivity index (χ0n) is 18.8. The Morgan fingerprint density at radius 3 is 2.59 bits per heavy atom. The van der Waals surface area contributed by atoms with Gasteiger partial charge >= 0.3 is 12.1 Å². The Kier molecular flexibility index (Phi) is 7.37. The van der Waals surface area contributed by atoms with E-state index in [-0.39, 0.29) is 27.5 Å². The summed E-state index contributed by atoms with van der Waals surface area (Å²) in [5, 5.41) is 13.6.